The Morgan fingerprint density at radius 1 is 1.46 bits per heavy atom. The van der Waals surface area contributed by atoms with Gasteiger partial charge in [0.2, 0.25) is 0 Å². The number of carbonyl (C=O) groups is 2. The number of nitrogens with zero attached hydrogens (tertiary/aromatic N) is 2. The lowest BCUT2D eigenvalue weighted by Gasteiger charge is -2.39. The lowest BCUT2D eigenvalue weighted by Crippen LogP contribution is -2.63. The van der Waals surface area contributed by atoms with Crippen molar-refractivity contribution >= 4 is 17.6 Å². The van der Waals surface area contributed by atoms with Crippen molar-refractivity contribution in [1.29, 1.82) is 0 Å². The van der Waals surface area contributed by atoms with Gasteiger partial charge in [0.1, 0.15) is 0 Å². The van der Waals surface area contributed by atoms with E-state index >= 15 is 0 Å². The molecule has 24 heavy (non-hydrogen) atoms. The van der Waals surface area contributed by atoms with Crippen molar-refractivity contribution in [2.45, 2.75) is 64.0 Å². The number of nitrogens with one attached hydrogen (secondary N) is 1. The van der Waals surface area contributed by atoms with Crippen LogP contribution in [0.1, 0.15) is 52.4 Å². The van der Waals surface area contributed by atoms with Crippen LogP contribution >= 0.6 is 0 Å². The zero-order valence-electron chi connectivity index (χ0n) is 14.4. The highest BCUT2D eigenvalue weighted by atomic mass is 16.5. The van der Waals surface area contributed by atoms with Gasteiger partial charge in [0, 0.05) is 18.8 Å². The molecule has 1 aromatic rings. The van der Waals surface area contributed by atoms with Gasteiger partial charge in [-0.3, -0.25) is 14.5 Å². The third-order valence-electron chi connectivity index (χ3n) is 4.83. The summed E-state index contributed by atoms with van der Waals surface area (Å²) < 4.78 is 5.85. The molecule has 1 saturated carbocycles. The van der Waals surface area contributed by atoms with E-state index in [4.69, 9.17) is 4.74 Å². The Morgan fingerprint density at radius 2 is 2.21 bits per heavy atom. The maximum Gasteiger partial charge on any atom is 0.282 e. The summed E-state index contributed by atoms with van der Waals surface area (Å²) >= 11 is 0. The van der Waals surface area contributed by atoms with Crippen LogP contribution in [0.3, 0.4) is 0 Å². The molecule has 1 atom stereocenters. The van der Waals surface area contributed by atoms with E-state index in [1.54, 1.807) is 30.2 Å². The number of carbonyl (C=O) groups excluding carboxylic acids is 2. The molecule has 1 aliphatic heterocycles. The highest BCUT2D eigenvalue weighted by Gasteiger charge is 2.51. The van der Waals surface area contributed by atoms with Gasteiger partial charge in [-0.1, -0.05) is 26.2 Å². The van der Waals surface area contributed by atoms with Crippen molar-refractivity contribution in [3.8, 4) is 5.75 Å². The molecule has 6 heteroatoms. The lowest BCUT2D eigenvalue weighted by molar-refractivity contribution is -0.149. The summed E-state index contributed by atoms with van der Waals surface area (Å²) in [6, 6.07) is 3.65. The monoisotopic (exact) mass is 331 g/mol. The molecule has 0 radical (unpaired) electrons. The number of rotatable bonds is 5. The second-order valence-electron chi connectivity index (χ2n) is 6.73. The maximum absolute atomic E-state index is 13.0. The minimum atomic E-state index is -1.54. The van der Waals surface area contributed by atoms with Gasteiger partial charge in [-0.05, 0) is 38.3 Å². The molecule has 1 unspecified atom stereocenters. The van der Waals surface area contributed by atoms with Crippen LogP contribution in [0.4, 0.5) is 5.82 Å². The standard InChI is InChI=1S/C18H25N3O3/c1-3-4-12-21-15-14(10-7-11-19-15)24-18(2,17(21)23)16(22)20-13-8-5-6-9-13/h7,10-11,13H,3-6,8-9,12H2,1-2H3,(H,20,22). The first-order valence-corrected chi connectivity index (χ1v) is 8.83. The highest BCUT2D eigenvalue weighted by Crippen LogP contribution is 2.36. The number of amides is 2. The molecular weight excluding hydrogens is 306 g/mol. The highest BCUT2D eigenvalue weighted by molar-refractivity contribution is 6.16. The van der Waals surface area contributed by atoms with Crippen molar-refractivity contribution in [2.75, 3.05) is 11.4 Å². The predicted octanol–water partition coefficient (Wildman–Crippen LogP) is 2.42. The number of aromatic nitrogens is 1. The zero-order chi connectivity index (χ0) is 17.2. The number of hydrogen-bond acceptors (Lipinski definition) is 4. The lowest BCUT2D eigenvalue weighted by atomic mass is 10.00. The Bertz CT molecular complexity index is 628. The maximum atomic E-state index is 13.0. The average Bonchev–Trinajstić information content (AvgIpc) is 3.08. The summed E-state index contributed by atoms with van der Waals surface area (Å²) in [4.78, 5) is 31.7. The first-order valence-electron chi connectivity index (χ1n) is 8.83. The summed E-state index contributed by atoms with van der Waals surface area (Å²) in [5.74, 6) is 0.299. The summed E-state index contributed by atoms with van der Waals surface area (Å²) in [6.45, 7) is 4.17. The summed E-state index contributed by atoms with van der Waals surface area (Å²) in [6.07, 6.45) is 7.61. The second-order valence-corrected chi connectivity index (χ2v) is 6.73. The Morgan fingerprint density at radius 3 is 2.92 bits per heavy atom. The molecule has 1 aromatic heterocycles. The van der Waals surface area contributed by atoms with E-state index in [1.807, 2.05) is 0 Å². The van der Waals surface area contributed by atoms with Crippen LogP contribution in [0.25, 0.3) is 0 Å². The van der Waals surface area contributed by atoms with Crippen molar-refractivity contribution in [3.63, 3.8) is 0 Å². The third-order valence-corrected chi connectivity index (χ3v) is 4.83. The normalized spacial score (nSPS) is 23.8. The van der Waals surface area contributed by atoms with Crippen LogP contribution in [-0.2, 0) is 9.59 Å². The molecule has 2 heterocycles. The minimum absolute atomic E-state index is 0.144. The van der Waals surface area contributed by atoms with Crippen molar-refractivity contribution in [1.82, 2.24) is 10.3 Å². The van der Waals surface area contributed by atoms with Crippen LogP contribution in [0, 0.1) is 0 Å². The number of unbranched alkanes of at least 4 members (excludes halogenated alkanes) is 1. The van der Waals surface area contributed by atoms with Crippen LogP contribution in [0.2, 0.25) is 0 Å². The first kappa shape index (κ1) is 16.7. The van der Waals surface area contributed by atoms with Crippen LogP contribution in [0.5, 0.6) is 5.75 Å². The summed E-state index contributed by atoms with van der Waals surface area (Å²) in [7, 11) is 0. The Kier molecular flexibility index (Phi) is 4.73. The quantitative estimate of drug-likeness (QED) is 0.841. The molecule has 0 saturated heterocycles. The largest absolute Gasteiger partial charge is 0.464 e. The summed E-state index contributed by atoms with van der Waals surface area (Å²) in [5, 5.41) is 3.00. The predicted molar refractivity (Wildman–Crippen MR) is 90.9 cm³/mol. The van der Waals surface area contributed by atoms with E-state index in [1.165, 1.54) is 0 Å². The van der Waals surface area contributed by atoms with E-state index < -0.39 is 5.60 Å². The molecular formula is C18H25N3O3. The van der Waals surface area contributed by atoms with Gasteiger partial charge in [0.15, 0.2) is 11.6 Å². The molecule has 0 aromatic carbocycles. The van der Waals surface area contributed by atoms with E-state index in [0.717, 1.165) is 38.5 Å². The number of fused-ring (bicyclic) bond motifs is 1. The molecule has 1 N–H and O–H groups in total. The molecule has 2 amide bonds. The molecule has 3 rings (SSSR count). The Labute approximate surface area is 142 Å². The van der Waals surface area contributed by atoms with Gasteiger partial charge in [-0.15, -0.1) is 0 Å². The van der Waals surface area contributed by atoms with Crippen LogP contribution < -0.4 is 15.0 Å². The van der Waals surface area contributed by atoms with E-state index in [0.29, 0.717) is 18.1 Å². The Hall–Kier alpha value is -2.11. The molecule has 130 valence electrons. The van der Waals surface area contributed by atoms with Gasteiger partial charge in [-0.2, -0.15) is 0 Å². The molecule has 6 nitrogen and oxygen atoms in total. The number of hydrogen-bond donors (Lipinski definition) is 1. The smallest absolute Gasteiger partial charge is 0.282 e. The molecule has 1 aliphatic carbocycles. The fourth-order valence-electron chi connectivity index (χ4n) is 3.34. The van der Waals surface area contributed by atoms with Gasteiger partial charge in [-0.25, -0.2) is 4.98 Å². The van der Waals surface area contributed by atoms with Crippen LogP contribution in [0.15, 0.2) is 18.3 Å². The van der Waals surface area contributed by atoms with E-state index in [-0.39, 0.29) is 17.9 Å². The zero-order valence-corrected chi connectivity index (χ0v) is 14.4. The number of anilines is 1. The van der Waals surface area contributed by atoms with E-state index in [9.17, 15) is 9.59 Å². The van der Waals surface area contributed by atoms with Gasteiger partial charge >= 0.3 is 0 Å². The van der Waals surface area contributed by atoms with E-state index in [2.05, 4.69) is 17.2 Å². The fourth-order valence-corrected chi connectivity index (χ4v) is 3.34. The van der Waals surface area contributed by atoms with Gasteiger partial charge < -0.3 is 10.1 Å². The number of ether oxygens (including phenoxy) is 1. The SMILES string of the molecule is CCCCN1C(=O)C(C)(C(=O)NC2CCCC2)Oc2cccnc21. The average molecular weight is 331 g/mol. The summed E-state index contributed by atoms with van der Waals surface area (Å²) in [5.41, 5.74) is -1.54. The molecule has 2 aliphatic rings. The molecule has 0 spiro atoms. The topological polar surface area (TPSA) is 71.5 Å². The second kappa shape index (κ2) is 6.79. The minimum Gasteiger partial charge on any atom is -0.464 e. The van der Waals surface area contributed by atoms with Gasteiger partial charge in [0.25, 0.3) is 17.4 Å². The fraction of sp³-hybridized carbons (Fsp3) is 0.611. The molecule has 1 fully saturated rings. The molecule has 0 bridgehead atoms. The van der Waals surface area contributed by atoms with Crippen molar-refractivity contribution in [2.24, 2.45) is 0 Å². The van der Waals surface area contributed by atoms with Crippen molar-refractivity contribution < 1.29 is 14.3 Å². The van der Waals surface area contributed by atoms with Crippen molar-refractivity contribution in [3.05, 3.63) is 18.3 Å². The Balaban J connectivity index is 1.87. The first-order chi connectivity index (χ1) is 11.6. The third kappa shape index (κ3) is 2.97. The number of pyridine rings is 1. The van der Waals surface area contributed by atoms with Crippen LogP contribution in [-0.4, -0.2) is 35.0 Å². The van der Waals surface area contributed by atoms with Gasteiger partial charge in [0.05, 0.1) is 0 Å².